The lowest BCUT2D eigenvalue weighted by Gasteiger charge is -2.16. The van der Waals surface area contributed by atoms with Gasteiger partial charge in [-0.25, -0.2) is 13.1 Å². The van der Waals surface area contributed by atoms with Gasteiger partial charge in [0.05, 0.1) is 16.9 Å². The van der Waals surface area contributed by atoms with Crippen LogP contribution in [0.15, 0.2) is 71.6 Å². The lowest BCUT2D eigenvalue weighted by molar-refractivity contribution is -0.116. The van der Waals surface area contributed by atoms with Gasteiger partial charge in [0.25, 0.3) is 0 Å². The Hall–Kier alpha value is -2.89. The maximum atomic E-state index is 12.4. The molecular formula is C24H21Cl2N3O3S. The summed E-state index contributed by atoms with van der Waals surface area (Å²) < 4.78 is 26.9. The molecule has 1 amide bonds. The van der Waals surface area contributed by atoms with Crippen molar-refractivity contribution in [3.63, 3.8) is 0 Å². The molecule has 170 valence electrons. The van der Waals surface area contributed by atoms with Crippen molar-refractivity contribution < 1.29 is 13.2 Å². The van der Waals surface area contributed by atoms with Crippen LogP contribution in [0.1, 0.15) is 29.0 Å². The van der Waals surface area contributed by atoms with Crippen molar-refractivity contribution in [2.45, 2.75) is 24.2 Å². The van der Waals surface area contributed by atoms with E-state index in [0.717, 1.165) is 11.1 Å². The molecule has 0 saturated carbocycles. The summed E-state index contributed by atoms with van der Waals surface area (Å²) in [4.78, 5) is 12.5. The van der Waals surface area contributed by atoms with Gasteiger partial charge in [0.15, 0.2) is 0 Å². The van der Waals surface area contributed by atoms with Gasteiger partial charge < -0.3 is 5.32 Å². The van der Waals surface area contributed by atoms with Gasteiger partial charge in [-0.3, -0.25) is 4.79 Å². The number of aryl methyl sites for hydroxylation is 1. The first-order valence-corrected chi connectivity index (χ1v) is 12.2. The van der Waals surface area contributed by atoms with Crippen LogP contribution in [-0.2, 0) is 14.8 Å². The van der Waals surface area contributed by atoms with E-state index in [-0.39, 0.29) is 23.8 Å². The van der Waals surface area contributed by atoms with E-state index < -0.39 is 15.9 Å². The van der Waals surface area contributed by atoms with Crippen LogP contribution in [-0.4, -0.2) is 20.9 Å². The molecule has 0 bridgehead atoms. The summed E-state index contributed by atoms with van der Waals surface area (Å²) in [7, 11) is -3.68. The third-order valence-electron chi connectivity index (χ3n) is 4.96. The highest BCUT2D eigenvalue weighted by Crippen LogP contribution is 2.34. The first kappa shape index (κ1) is 24.7. The maximum absolute atomic E-state index is 12.4. The molecule has 1 unspecified atom stereocenters. The summed E-state index contributed by atoms with van der Waals surface area (Å²) >= 11 is 12.4. The van der Waals surface area contributed by atoms with Crippen molar-refractivity contribution in [2.24, 2.45) is 0 Å². The highest BCUT2D eigenvalue weighted by molar-refractivity contribution is 7.89. The van der Waals surface area contributed by atoms with Crippen LogP contribution in [0.2, 0.25) is 10.0 Å². The molecule has 3 aromatic carbocycles. The highest BCUT2D eigenvalue weighted by Gasteiger charge is 2.19. The molecule has 3 aromatic rings. The predicted octanol–water partition coefficient (Wildman–Crippen LogP) is 5.26. The molecule has 0 aromatic heterocycles. The fraction of sp³-hybridized carbons (Fsp3) is 0.167. The molecule has 0 radical (unpaired) electrons. The molecule has 3 rings (SSSR count). The van der Waals surface area contributed by atoms with E-state index in [0.29, 0.717) is 21.3 Å². The quantitative estimate of drug-likeness (QED) is 0.439. The van der Waals surface area contributed by atoms with Gasteiger partial charge in [-0.2, -0.15) is 5.26 Å². The minimum absolute atomic E-state index is 0.0546. The van der Waals surface area contributed by atoms with Crippen molar-refractivity contribution >= 4 is 44.8 Å². The Morgan fingerprint density at radius 1 is 1.06 bits per heavy atom. The zero-order chi connectivity index (χ0) is 24.0. The van der Waals surface area contributed by atoms with Gasteiger partial charge in [-0.1, -0.05) is 59.6 Å². The number of hydrogen-bond donors (Lipinski definition) is 2. The number of anilines is 1. The number of carbonyl (C=O) groups excluding carboxylic acids is 1. The smallest absolute Gasteiger partial charge is 0.240 e. The SMILES string of the molecule is Cc1cc(C(C#N)c2ccc(Cl)cc2)c(Cl)cc1NC(=O)CCNS(=O)(=O)c1ccccc1. The second-order valence-electron chi connectivity index (χ2n) is 7.31. The largest absolute Gasteiger partial charge is 0.326 e. The van der Waals surface area contributed by atoms with Crippen molar-refractivity contribution in [1.82, 2.24) is 4.72 Å². The van der Waals surface area contributed by atoms with Gasteiger partial charge >= 0.3 is 0 Å². The van der Waals surface area contributed by atoms with Crippen LogP contribution < -0.4 is 10.0 Å². The molecule has 0 spiro atoms. The van der Waals surface area contributed by atoms with Gasteiger partial charge in [0, 0.05) is 28.7 Å². The average Bonchev–Trinajstić information content (AvgIpc) is 2.79. The van der Waals surface area contributed by atoms with Crippen LogP contribution in [0.25, 0.3) is 0 Å². The Bertz CT molecular complexity index is 1290. The molecule has 0 aliphatic heterocycles. The van der Waals surface area contributed by atoms with Crippen LogP contribution in [0.4, 0.5) is 5.69 Å². The van der Waals surface area contributed by atoms with Gasteiger partial charge in [-0.15, -0.1) is 0 Å². The zero-order valence-corrected chi connectivity index (χ0v) is 20.0. The van der Waals surface area contributed by atoms with Crippen LogP contribution in [0.3, 0.4) is 0 Å². The van der Waals surface area contributed by atoms with E-state index in [9.17, 15) is 18.5 Å². The Balaban J connectivity index is 1.67. The first-order chi connectivity index (χ1) is 15.7. The van der Waals surface area contributed by atoms with Crippen molar-refractivity contribution in [3.8, 4) is 6.07 Å². The van der Waals surface area contributed by atoms with E-state index in [1.54, 1.807) is 61.5 Å². The molecule has 9 heteroatoms. The maximum Gasteiger partial charge on any atom is 0.240 e. The number of benzene rings is 3. The summed E-state index contributed by atoms with van der Waals surface area (Å²) in [6.45, 7) is 1.74. The van der Waals surface area contributed by atoms with Gasteiger partial charge in [0.2, 0.25) is 15.9 Å². The molecule has 33 heavy (non-hydrogen) atoms. The number of nitrogens with zero attached hydrogens (tertiary/aromatic N) is 1. The minimum atomic E-state index is -3.68. The minimum Gasteiger partial charge on any atom is -0.326 e. The second kappa shape index (κ2) is 10.8. The van der Waals surface area contributed by atoms with E-state index in [1.807, 2.05) is 0 Å². The van der Waals surface area contributed by atoms with Crippen LogP contribution in [0, 0.1) is 18.3 Å². The molecule has 2 N–H and O–H groups in total. The lowest BCUT2D eigenvalue weighted by atomic mass is 9.91. The molecule has 0 heterocycles. The standard InChI is InChI=1S/C24H21Cl2N3O3S/c1-16-13-20(21(15-27)17-7-9-18(25)10-8-17)22(26)14-23(16)29-24(30)11-12-28-33(31,32)19-5-3-2-4-6-19/h2-10,13-14,21,28H,11-12H2,1H3,(H,29,30). The molecule has 0 saturated heterocycles. The van der Waals surface area contributed by atoms with Crippen molar-refractivity contribution in [2.75, 3.05) is 11.9 Å². The lowest BCUT2D eigenvalue weighted by Crippen LogP contribution is -2.28. The Morgan fingerprint density at radius 3 is 2.36 bits per heavy atom. The summed E-state index contributed by atoms with van der Waals surface area (Å²) in [6, 6.07) is 20.5. The third kappa shape index (κ3) is 6.34. The van der Waals surface area contributed by atoms with Crippen molar-refractivity contribution in [3.05, 3.63) is 93.5 Å². The Kier molecular flexibility index (Phi) is 8.11. The average molecular weight is 502 g/mol. The molecular weight excluding hydrogens is 481 g/mol. The summed E-state index contributed by atoms with van der Waals surface area (Å²) in [5, 5.41) is 13.4. The summed E-state index contributed by atoms with van der Waals surface area (Å²) in [5.41, 5.74) is 2.59. The topological polar surface area (TPSA) is 99.1 Å². The third-order valence-corrected chi connectivity index (χ3v) is 7.02. The zero-order valence-electron chi connectivity index (χ0n) is 17.7. The summed E-state index contributed by atoms with van der Waals surface area (Å²) in [5.74, 6) is -0.960. The van der Waals surface area contributed by atoms with E-state index >= 15 is 0 Å². The highest BCUT2D eigenvalue weighted by atomic mass is 35.5. The van der Waals surface area contributed by atoms with E-state index in [4.69, 9.17) is 23.2 Å². The normalized spacial score (nSPS) is 12.1. The Morgan fingerprint density at radius 2 is 1.73 bits per heavy atom. The Labute approximate surface area is 203 Å². The number of carbonyl (C=O) groups is 1. The predicted molar refractivity (Wildman–Crippen MR) is 130 cm³/mol. The monoisotopic (exact) mass is 501 g/mol. The number of amides is 1. The molecule has 0 aliphatic rings. The first-order valence-electron chi connectivity index (χ1n) is 10.0. The van der Waals surface area contributed by atoms with Crippen LogP contribution in [0.5, 0.6) is 0 Å². The fourth-order valence-electron chi connectivity index (χ4n) is 3.23. The second-order valence-corrected chi connectivity index (χ2v) is 9.92. The van der Waals surface area contributed by atoms with Gasteiger partial charge in [-0.05, 0) is 53.9 Å². The van der Waals surface area contributed by atoms with E-state index in [1.165, 1.54) is 12.1 Å². The number of hydrogen-bond acceptors (Lipinski definition) is 4. The number of sulfonamides is 1. The molecule has 0 fully saturated rings. The number of nitriles is 1. The number of rotatable bonds is 8. The molecule has 0 aliphatic carbocycles. The molecule has 6 nitrogen and oxygen atoms in total. The van der Waals surface area contributed by atoms with Gasteiger partial charge in [0.1, 0.15) is 0 Å². The van der Waals surface area contributed by atoms with Crippen LogP contribution >= 0.6 is 23.2 Å². The number of nitrogens with one attached hydrogen (secondary N) is 2. The summed E-state index contributed by atoms with van der Waals surface area (Å²) in [6.07, 6.45) is -0.0591. The van der Waals surface area contributed by atoms with Crippen molar-refractivity contribution in [1.29, 1.82) is 5.26 Å². The van der Waals surface area contributed by atoms with E-state index in [2.05, 4.69) is 16.1 Å². The molecule has 1 atom stereocenters. The number of halogens is 2. The fourth-order valence-corrected chi connectivity index (χ4v) is 4.68.